The van der Waals surface area contributed by atoms with E-state index >= 15 is 0 Å². The number of nitrogens with zero attached hydrogens (tertiary/aromatic N) is 1. The van der Waals surface area contributed by atoms with Crippen molar-refractivity contribution in [3.05, 3.63) is 0 Å². The average Bonchev–Trinajstić information content (AvgIpc) is 1.85. The molecule has 3 nitrogen and oxygen atoms in total. The Morgan fingerprint density at radius 2 is 2.00 bits per heavy atom. The molecule has 10 heavy (non-hydrogen) atoms. The largest absolute Gasteiger partial charge is 0.389 e. The monoisotopic (exact) mass is 146 g/mol. The van der Waals surface area contributed by atoms with Crippen LogP contribution in [-0.4, -0.2) is 42.8 Å². The molecule has 0 amide bonds. The normalized spacial score (nSPS) is 17.4. The average molecular weight is 146 g/mol. The highest BCUT2D eigenvalue weighted by atomic mass is 16.3. The van der Waals surface area contributed by atoms with Gasteiger partial charge in [-0.05, 0) is 27.4 Å². The van der Waals surface area contributed by atoms with E-state index in [1.807, 2.05) is 19.0 Å². The van der Waals surface area contributed by atoms with E-state index in [9.17, 15) is 5.11 Å². The minimum absolute atomic E-state index is 0.334. The number of hydrogen-bond acceptors (Lipinski definition) is 3. The summed E-state index contributed by atoms with van der Waals surface area (Å²) in [7, 11) is 3.96. The lowest BCUT2D eigenvalue weighted by molar-refractivity contribution is 0.0526. The van der Waals surface area contributed by atoms with Crippen molar-refractivity contribution in [1.29, 1.82) is 0 Å². The first kappa shape index (κ1) is 9.88. The van der Waals surface area contributed by atoms with Gasteiger partial charge in [-0.1, -0.05) is 0 Å². The standard InChI is InChI=1S/C7H18N2O/c1-7(10,6-8)4-5-9(2)3/h10H,4-6,8H2,1-3H3. The smallest absolute Gasteiger partial charge is 0.0753 e. The molecule has 1 atom stereocenters. The Balaban J connectivity index is 3.46. The van der Waals surface area contributed by atoms with Gasteiger partial charge in [0, 0.05) is 13.1 Å². The van der Waals surface area contributed by atoms with Crippen LogP contribution in [0.5, 0.6) is 0 Å². The Morgan fingerprint density at radius 1 is 1.50 bits per heavy atom. The zero-order valence-corrected chi connectivity index (χ0v) is 7.09. The van der Waals surface area contributed by atoms with Crippen LogP contribution in [0.1, 0.15) is 13.3 Å². The van der Waals surface area contributed by atoms with Crippen molar-refractivity contribution < 1.29 is 5.11 Å². The first-order valence-electron chi connectivity index (χ1n) is 3.55. The van der Waals surface area contributed by atoms with Crippen molar-refractivity contribution in [2.75, 3.05) is 27.2 Å². The summed E-state index contributed by atoms with van der Waals surface area (Å²) < 4.78 is 0. The summed E-state index contributed by atoms with van der Waals surface area (Å²) >= 11 is 0. The number of rotatable bonds is 4. The molecule has 3 N–H and O–H groups in total. The predicted molar refractivity (Wildman–Crippen MR) is 42.8 cm³/mol. The second-order valence-corrected chi connectivity index (χ2v) is 3.25. The topological polar surface area (TPSA) is 49.5 Å². The Kier molecular flexibility index (Phi) is 3.86. The fraction of sp³-hybridized carbons (Fsp3) is 1.00. The van der Waals surface area contributed by atoms with Gasteiger partial charge in [-0.2, -0.15) is 0 Å². The Morgan fingerprint density at radius 3 is 2.30 bits per heavy atom. The maximum Gasteiger partial charge on any atom is 0.0753 e. The van der Waals surface area contributed by atoms with Crippen LogP contribution in [0.2, 0.25) is 0 Å². The molecule has 0 aromatic heterocycles. The summed E-state index contributed by atoms with van der Waals surface area (Å²) in [6.07, 6.45) is 0.733. The molecule has 0 heterocycles. The van der Waals surface area contributed by atoms with Crippen molar-refractivity contribution in [1.82, 2.24) is 4.90 Å². The molecular formula is C7H18N2O. The lowest BCUT2D eigenvalue weighted by atomic mass is 10.0. The minimum atomic E-state index is -0.690. The molecule has 0 aromatic rings. The highest BCUT2D eigenvalue weighted by Gasteiger charge is 2.16. The highest BCUT2D eigenvalue weighted by Crippen LogP contribution is 2.05. The van der Waals surface area contributed by atoms with Gasteiger partial charge >= 0.3 is 0 Å². The Labute approximate surface area is 62.8 Å². The highest BCUT2D eigenvalue weighted by molar-refractivity contribution is 4.73. The molecular weight excluding hydrogens is 128 g/mol. The molecule has 0 aliphatic rings. The van der Waals surface area contributed by atoms with Crippen LogP contribution in [0.25, 0.3) is 0 Å². The zero-order valence-electron chi connectivity index (χ0n) is 7.09. The Bertz CT molecular complexity index is 91.6. The van der Waals surface area contributed by atoms with Crippen LogP contribution in [-0.2, 0) is 0 Å². The summed E-state index contributed by atoms with van der Waals surface area (Å²) in [4.78, 5) is 2.03. The van der Waals surface area contributed by atoms with Crippen molar-refractivity contribution >= 4 is 0 Å². The SMILES string of the molecule is CN(C)CCC(C)(O)CN. The van der Waals surface area contributed by atoms with Gasteiger partial charge in [0.15, 0.2) is 0 Å². The number of nitrogens with two attached hydrogens (primary N) is 1. The molecule has 0 aliphatic carbocycles. The predicted octanol–water partition coefficient (Wildman–Crippen LogP) is -0.352. The molecule has 0 rings (SSSR count). The summed E-state index contributed by atoms with van der Waals surface area (Å²) in [6.45, 7) is 2.97. The molecule has 0 bridgehead atoms. The van der Waals surface area contributed by atoms with E-state index in [-0.39, 0.29) is 0 Å². The third kappa shape index (κ3) is 4.73. The molecule has 0 fully saturated rings. The van der Waals surface area contributed by atoms with Crippen LogP contribution in [0, 0.1) is 0 Å². The summed E-state index contributed by atoms with van der Waals surface area (Å²) in [5.41, 5.74) is 4.63. The molecule has 1 unspecified atom stereocenters. The van der Waals surface area contributed by atoms with Gasteiger partial charge in [0.2, 0.25) is 0 Å². The molecule has 0 saturated heterocycles. The van der Waals surface area contributed by atoms with Crippen LogP contribution >= 0.6 is 0 Å². The maximum atomic E-state index is 9.42. The molecule has 0 spiro atoms. The minimum Gasteiger partial charge on any atom is -0.389 e. The summed E-state index contributed by atoms with van der Waals surface area (Å²) in [5, 5.41) is 9.42. The summed E-state index contributed by atoms with van der Waals surface area (Å²) in [5.74, 6) is 0. The van der Waals surface area contributed by atoms with Gasteiger partial charge in [0.1, 0.15) is 0 Å². The van der Waals surface area contributed by atoms with E-state index in [0.717, 1.165) is 13.0 Å². The van der Waals surface area contributed by atoms with Gasteiger partial charge in [-0.3, -0.25) is 0 Å². The molecule has 0 radical (unpaired) electrons. The fourth-order valence-corrected chi connectivity index (χ4v) is 0.567. The third-order valence-corrected chi connectivity index (χ3v) is 1.54. The van der Waals surface area contributed by atoms with E-state index in [4.69, 9.17) is 5.73 Å². The van der Waals surface area contributed by atoms with E-state index in [1.54, 1.807) is 6.92 Å². The maximum absolute atomic E-state index is 9.42. The Hall–Kier alpha value is -0.120. The first-order valence-corrected chi connectivity index (χ1v) is 3.55. The zero-order chi connectivity index (χ0) is 8.20. The van der Waals surface area contributed by atoms with E-state index < -0.39 is 5.60 Å². The van der Waals surface area contributed by atoms with E-state index in [1.165, 1.54) is 0 Å². The van der Waals surface area contributed by atoms with Crippen molar-refractivity contribution in [3.8, 4) is 0 Å². The molecule has 0 aromatic carbocycles. The molecule has 62 valence electrons. The quantitative estimate of drug-likeness (QED) is 0.570. The van der Waals surface area contributed by atoms with Gasteiger partial charge in [0.25, 0.3) is 0 Å². The second-order valence-electron chi connectivity index (χ2n) is 3.25. The number of hydrogen-bond donors (Lipinski definition) is 2. The van der Waals surface area contributed by atoms with Crippen molar-refractivity contribution in [2.45, 2.75) is 18.9 Å². The van der Waals surface area contributed by atoms with E-state index in [0.29, 0.717) is 6.54 Å². The van der Waals surface area contributed by atoms with Gasteiger partial charge < -0.3 is 15.7 Å². The molecule has 3 heteroatoms. The van der Waals surface area contributed by atoms with E-state index in [2.05, 4.69) is 0 Å². The molecule has 0 aliphatic heterocycles. The summed E-state index contributed by atoms with van der Waals surface area (Å²) in [6, 6.07) is 0. The van der Waals surface area contributed by atoms with Crippen LogP contribution in [0.3, 0.4) is 0 Å². The lowest BCUT2D eigenvalue weighted by Gasteiger charge is -2.22. The third-order valence-electron chi connectivity index (χ3n) is 1.54. The van der Waals surface area contributed by atoms with Gasteiger partial charge in [-0.25, -0.2) is 0 Å². The fourth-order valence-electron chi connectivity index (χ4n) is 0.567. The van der Waals surface area contributed by atoms with Gasteiger partial charge in [0.05, 0.1) is 5.60 Å². The van der Waals surface area contributed by atoms with Crippen LogP contribution in [0.15, 0.2) is 0 Å². The van der Waals surface area contributed by atoms with Gasteiger partial charge in [-0.15, -0.1) is 0 Å². The van der Waals surface area contributed by atoms with Crippen LogP contribution in [0.4, 0.5) is 0 Å². The van der Waals surface area contributed by atoms with Crippen molar-refractivity contribution in [3.63, 3.8) is 0 Å². The molecule has 0 saturated carbocycles. The lowest BCUT2D eigenvalue weighted by Crippen LogP contribution is -2.37. The first-order chi connectivity index (χ1) is 4.48. The second kappa shape index (κ2) is 3.91. The van der Waals surface area contributed by atoms with Crippen LogP contribution < -0.4 is 5.73 Å². The number of aliphatic hydroxyl groups is 1. The van der Waals surface area contributed by atoms with Crippen molar-refractivity contribution in [2.24, 2.45) is 5.73 Å².